The first-order valence-corrected chi connectivity index (χ1v) is 17.0. The molecule has 5 heteroatoms. The number of nitrogens with zero attached hydrogens (tertiary/aromatic N) is 4. The van der Waals surface area contributed by atoms with E-state index in [0.717, 1.165) is 45.1 Å². The quantitative estimate of drug-likeness (QED) is 0.175. The zero-order valence-corrected chi connectivity index (χ0v) is 29.0. The van der Waals surface area contributed by atoms with Gasteiger partial charge < -0.3 is 4.74 Å². The molecular weight excluding hydrogens is 601 g/mol. The maximum Gasteiger partial charge on any atom is 0.255 e. The standard InChI is InChI=1S/C44H41N4O/c1-43(2,3)30-24-25-45-42(26-30)48-37-18-9-7-16-34(37)35-23-22-33(28-41(35)48)49-32-15-13-14-31(27-32)46-29-47(40-21-12-11-20-39(40)46)38-19-10-8-17-36(38)44(4,5)6/h7-29H,1-6H3/q+1. The number of imidazole rings is 1. The molecule has 0 spiro atoms. The lowest BCUT2D eigenvalue weighted by atomic mass is 9.86. The Kier molecular flexibility index (Phi) is 7.18. The van der Waals surface area contributed by atoms with Gasteiger partial charge in [0, 0.05) is 34.7 Å². The second-order valence-corrected chi connectivity index (χ2v) is 14.9. The van der Waals surface area contributed by atoms with Crippen molar-refractivity contribution in [2.45, 2.75) is 52.4 Å². The van der Waals surface area contributed by atoms with Crippen molar-refractivity contribution in [3.63, 3.8) is 0 Å². The Morgan fingerprint density at radius 2 is 1.31 bits per heavy atom. The van der Waals surface area contributed by atoms with Gasteiger partial charge in [0.2, 0.25) is 0 Å². The van der Waals surface area contributed by atoms with Crippen LogP contribution in [-0.4, -0.2) is 14.1 Å². The zero-order valence-electron chi connectivity index (χ0n) is 29.0. The fraction of sp³-hybridized carbons (Fsp3) is 0.182. The van der Waals surface area contributed by atoms with Crippen molar-refractivity contribution >= 4 is 32.8 Å². The fourth-order valence-electron chi connectivity index (χ4n) is 6.93. The van der Waals surface area contributed by atoms with Gasteiger partial charge in [-0.1, -0.05) is 96.1 Å². The minimum Gasteiger partial charge on any atom is -0.457 e. The monoisotopic (exact) mass is 641 g/mol. The third-order valence-corrected chi connectivity index (χ3v) is 9.42. The van der Waals surface area contributed by atoms with Gasteiger partial charge in [-0.15, -0.1) is 0 Å². The Bertz CT molecular complexity index is 2500. The third-order valence-electron chi connectivity index (χ3n) is 9.42. The summed E-state index contributed by atoms with van der Waals surface area (Å²) >= 11 is 0. The van der Waals surface area contributed by atoms with Crippen LogP contribution in [0.1, 0.15) is 52.7 Å². The normalized spacial score (nSPS) is 12.3. The van der Waals surface area contributed by atoms with Crippen LogP contribution in [0, 0.1) is 0 Å². The van der Waals surface area contributed by atoms with Gasteiger partial charge in [0.05, 0.1) is 11.0 Å². The van der Waals surface area contributed by atoms with Crippen molar-refractivity contribution in [3.8, 4) is 28.7 Å². The van der Waals surface area contributed by atoms with E-state index in [1.807, 2.05) is 12.3 Å². The Hall–Kier alpha value is -5.68. The van der Waals surface area contributed by atoms with Crippen LogP contribution in [0.4, 0.5) is 0 Å². The zero-order chi connectivity index (χ0) is 33.9. The van der Waals surface area contributed by atoms with Gasteiger partial charge in [-0.25, -0.2) is 4.98 Å². The highest BCUT2D eigenvalue weighted by Gasteiger charge is 2.25. The molecule has 0 aliphatic heterocycles. The van der Waals surface area contributed by atoms with Gasteiger partial charge in [0.1, 0.15) is 28.7 Å². The van der Waals surface area contributed by atoms with Crippen LogP contribution < -0.4 is 9.30 Å². The van der Waals surface area contributed by atoms with Crippen LogP contribution in [0.3, 0.4) is 0 Å². The van der Waals surface area contributed by atoms with E-state index < -0.39 is 0 Å². The maximum absolute atomic E-state index is 6.63. The predicted molar refractivity (Wildman–Crippen MR) is 201 cm³/mol. The number of ether oxygens (including phenoxy) is 1. The van der Waals surface area contributed by atoms with Crippen molar-refractivity contribution in [2.75, 3.05) is 0 Å². The van der Waals surface area contributed by atoms with Crippen LogP contribution in [0.25, 0.3) is 50.0 Å². The van der Waals surface area contributed by atoms with E-state index in [9.17, 15) is 0 Å². The van der Waals surface area contributed by atoms with Gasteiger partial charge in [-0.05, 0) is 77.1 Å². The Morgan fingerprint density at radius 3 is 2.12 bits per heavy atom. The summed E-state index contributed by atoms with van der Waals surface area (Å²) in [5.74, 6) is 2.44. The smallest absolute Gasteiger partial charge is 0.255 e. The number of fused-ring (bicyclic) bond motifs is 4. The first-order chi connectivity index (χ1) is 23.6. The fourth-order valence-corrected chi connectivity index (χ4v) is 6.93. The number of benzene rings is 5. The van der Waals surface area contributed by atoms with Gasteiger partial charge >= 0.3 is 0 Å². The summed E-state index contributed by atoms with van der Waals surface area (Å²) < 4.78 is 13.4. The van der Waals surface area contributed by atoms with Crippen molar-refractivity contribution in [3.05, 3.63) is 151 Å². The average molecular weight is 642 g/mol. The Morgan fingerprint density at radius 1 is 0.592 bits per heavy atom. The molecule has 0 bridgehead atoms. The molecule has 5 nitrogen and oxygen atoms in total. The molecule has 0 radical (unpaired) electrons. The summed E-state index contributed by atoms with van der Waals surface area (Å²) in [6.45, 7) is 13.5. The second kappa shape index (κ2) is 11.5. The van der Waals surface area contributed by atoms with Crippen LogP contribution >= 0.6 is 0 Å². The van der Waals surface area contributed by atoms with Crippen LogP contribution in [0.5, 0.6) is 11.5 Å². The van der Waals surface area contributed by atoms with Crippen LogP contribution in [0.15, 0.2) is 140 Å². The lowest BCUT2D eigenvalue weighted by molar-refractivity contribution is -0.567. The Balaban J connectivity index is 1.21. The molecule has 0 aliphatic rings. The number of hydrogen-bond donors (Lipinski definition) is 0. The number of hydrogen-bond acceptors (Lipinski definition) is 2. The first-order valence-electron chi connectivity index (χ1n) is 17.0. The van der Waals surface area contributed by atoms with E-state index >= 15 is 0 Å². The summed E-state index contributed by atoms with van der Waals surface area (Å²) in [7, 11) is 0. The maximum atomic E-state index is 6.63. The van der Waals surface area contributed by atoms with Crippen molar-refractivity contribution in [1.82, 2.24) is 14.1 Å². The average Bonchev–Trinajstić information content (AvgIpc) is 3.64. The molecule has 8 aromatic rings. The molecule has 3 heterocycles. The Labute approximate surface area is 287 Å². The van der Waals surface area contributed by atoms with E-state index in [4.69, 9.17) is 9.72 Å². The molecular formula is C44H41N4O+. The lowest BCUT2D eigenvalue weighted by Gasteiger charge is -2.20. The number of para-hydroxylation sites is 4. The molecule has 0 N–H and O–H groups in total. The van der Waals surface area contributed by atoms with Crippen molar-refractivity contribution in [1.29, 1.82) is 0 Å². The van der Waals surface area contributed by atoms with E-state index in [-0.39, 0.29) is 10.8 Å². The van der Waals surface area contributed by atoms with E-state index in [1.54, 1.807) is 0 Å². The molecule has 8 rings (SSSR count). The van der Waals surface area contributed by atoms with Crippen LogP contribution in [-0.2, 0) is 10.8 Å². The molecule has 0 unspecified atom stereocenters. The van der Waals surface area contributed by atoms with Gasteiger partial charge in [0.15, 0.2) is 11.0 Å². The molecule has 242 valence electrons. The lowest BCUT2D eigenvalue weighted by Crippen LogP contribution is -2.28. The molecule has 0 amide bonds. The molecule has 0 aliphatic carbocycles. The van der Waals surface area contributed by atoms with Crippen LogP contribution in [0.2, 0.25) is 0 Å². The summed E-state index contributed by atoms with van der Waals surface area (Å²) in [6, 6.07) is 44.8. The summed E-state index contributed by atoms with van der Waals surface area (Å²) in [6.07, 6.45) is 4.11. The summed E-state index contributed by atoms with van der Waals surface area (Å²) in [4.78, 5) is 4.84. The predicted octanol–water partition coefficient (Wildman–Crippen LogP) is 10.8. The van der Waals surface area contributed by atoms with Gasteiger partial charge in [-0.2, -0.15) is 9.13 Å². The molecule has 3 aromatic heterocycles. The highest BCUT2D eigenvalue weighted by Crippen LogP contribution is 2.36. The molecule has 0 saturated carbocycles. The summed E-state index contributed by atoms with van der Waals surface area (Å²) in [5, 5.41) is 2.35. The van der Waals surface area contributed by atoms with Crippen molar-refractivity contribution < 1.29 is 9.30 Å². The number of aromatic nitrogens is 4. The highest BCUT2D eigenvalue weighted by molar-refractivity contribution is 6.09. The van der Waals surface area contributed by atoms with Gasteiger partial charge in [0.25, 0.3) is 6.33 Å². The number of rotatable bonds is 5. The van der Waals surface area contributed by atoms with E-state index in [1.165, 1.54) is 27.6 Å². The third kappa shape index (κ3) is 5.45. The minimum atomic E-state index is -0.00118. The van der Waals surface area contributed by atoms with Gasteiger partial charge in [-0.3, -0.25) is 4.57 Å². The largest absolute Gasteiger partial charge is 0.457 e. The topological polar surface area (TPSA) is 35.9 Å². The SMILES string of the molecule is CC(C)(C)c1ccnc(-n2c3ccccc3c3ccc(Oc4cccc(-[n+]5cn(-c6ccccc6C(C)(C)C)c6ccccc65)c4)cc32)c1. The summed E-state index contributed by atoms with van der Waals surface area (Å²) in [5.41, 5.74) is 9.21. The first kappa shape index (κ1) is 30.6. The molecule has 5 aromatic carbocycles. The minimum absolute atomic E-state index is 0.00118. The van der Waals surface area contributed by atoms with E-state index in [2.05, 4.69) is 183 Å². The number of pyridine rings is 1. The second-order valence-electron chi connectivity index (χ2n) is 14.9. The molecule has 0 fully saturated rings. The van der Waals surface area contributed by atoms with Crippen molar-refractivity contribution in [2.24, 2.45) is 0 Å². The molecule has 0 atom stereocenters. The highest BCUT2D eigenvalue weighted by atomic mass is 16.5. The molecule has 49 heavy (non-hydrogen) atoms. The van der Waals surface area contributed by atoms with E-state index in [0.29, 0.717) is 0 Å². The molecule has 0 saturated heterocycles.